The zero-order valence-electron chi connectivity index (χ0n) is 25.2. The SMILES string of the molecule is CCCCCCCCCCCCNc1ccc(N(CCCCCCCCCCCC)c2ccccc2)cc1. The predicted octanol–water partition coefficient (Wildman–Crippen LogP) is 12.1. The summed E-state index contributed by atoms with van der Waals surface area (Å²) in [7, 11) is 0. The lowest BCUT2D eigenvalue weighted by Gasteiger charge is -2.25. The Kier molecular flexibility index (Phi) is 19.5. The van der Waals surface area contributed by atoms with E-state index in [2.05, 4.69) is 78.7 Å². The number of hydrogen-bond acceptors (Lipinski definition) is 2. The Bertz CT molecular complexity index is 755. The summed E-state index contributed by atoms with van der Waals surface area (Å²) in [6, 6.07) is 20.0. The lowest BCUT2D eigenvalue weighted by atomic mass is 10.1. The van der Waals surface area contributed by atoms with E-state index < -0.39 is 0 Å². The quantitative estimate of drug-likeness (QED) is 0.131. The molecule has 214 valence electrons. The van der Waals surface area contributed by atoms with E-state index in [-0.39, 0.29) is 0 Å². The van der Waals surface area contributed by atoms with E-state index in [1.54, 1.807) is 0 Å². The van der Waals surface area contributed by atoms with Gasteiger partial charge in [-0.15, -0.1) is 0 Å². The zero-order valence-corrected chi connectivity index (χ0v) is 25.2. The van der Waals surface area contributed by atoms with Gasteiger partial charge in [-0.05, 0) is 49.2 Å². The number of hydrogen-bond donors (Lipinski definition) is 1. The Morgan fingerprint density at radius 1 is 0.447 bits per heavy atom. The molecule has 38 heavy (non-hydrogen) atoms. The molecule has 0 bridgehead atoms. The highest BCUT2D eigenvalue weighted by Gasteiger charge is 2.09. The molecule has 0 aliphatic rings. The van der Waals surface area contributed by atoms with Gasteiger partial charge in [-0.2, -0.15) is 0 Å². The van der Waals surface area contributed by atoms with Gasteiger partial charge in [0.1, 0.15) is 0 Å². The molecule has 2 rings (SSSR count). The number of rotatable bonds is 25. The Morgan fingerprint density at radius 2 is 0.868 bits per heavy atom. The number of unbranched alkanes of at least 4 members (excludes halogenated alkanes) is 18. The van der Waals surface area contributed by atoms with Gasteiger partial charge in [0.2, 0.25) is 0 Å². The van der Waals surface area contributed by atoms with Gasteiger partial charge in [-0.25, -0.2) is 0 Å². The number of nitrogens with one attached hydrogen (secondary N) is 1. The van der Waals surface area contributed by atoms with Crippen LogP contribution in [0.25, 0.3) is 0 Å². The van der Waals surface area contributed by atoms with Gasteiger partial charge in [-0.1, -0.05) is 148 Å². The highest BCUT2D eigenvalue weighted by atomic mass is 15.1. The number of nitrogens with zero attached hydrogens (tertiary/aromatic N) is 1. The van der Waals surface area contributed by atoms with Crippen LogP contribution in [0.5, 0.6) is 0 Å². The zero-order chi connectivity index (χ0) is 26.9. The van der Waals surface area contributed by atoms with Gasteiger partial charge in [0.25, 0.3) is 0 Å². The van der Waals surface area contributed by atoms with Crippen LogP contribution < -0.4 is 10.2 Å². The van der Waals surface area contributed by atoms with Crippen molar-refractivity contribution >= 4 is 17.1 Å². The molecule has 0 aliphatic carbocycles. The maximum absolute atomic E-state index is 3.65. The number of benzene rings is 2. The second-order valence-corrected chi connectivity index (χ2v) is 11.3. The third-order valence-electron chi connectivity index (χ3n) is 7.84. The molecule has 1 N–H and O–H groups in total. The normalized spacial score (nSPS) is 11.1. The Balaban J connectivity index is 1.65. The third-order valence-corrected chi connectivity index (χ3v) is 7.84. The van der Waals surface area contributed by atoms with Crippen molar-refractivity contribution in [3.05, 3.63) is 54.6 Å². The first-order valence-corrected chi connectivity index (χ1v) is 16.5. The molecular weight excluding hydrogens is 460 g/mol. The number of para-hydroxylation sites is 1. The molecular formula is C36H60N2. The molecule has 0 atom stereocenters. The summed E-state index contributed by atoms with van der Waals surface area (Å²) in [5, 5.41) is 3.65. The van der Waals surface area contributed by atoms with Crippen molar-refractivity contribution in [2.45, 2.75) is 142 Å². The van der Waals surface area contributed by atoms with Crippen molar-refractivity contribution in [1.82, 2.24) is 0 Å². The fourth-order valence-corrected chi connectivity index (χ4v) is 5.38. The van der Waals surface area contributed by atoms with Crippen LogP contribution in [0.15, 0.2) is 54.6 Å². The van der Waals surface area contributed by atoms with Crippen LogP contribution in [-0.2, 0) is 0 Å². The van der Waals surface area contributed by atoms with E-state index in [0.29, 0.717) is 0 Å². The van der Waals surface area contributed by atoms with Gasteiger partial charge in [0, 0.05) is 30.2 Å². The molecule has 2 heteroatoms. The van der Waals surface area contributed by atoms with Crippen molar-refractivity contribution < 1.29 is 0 Å². The third kappa shape index (κ3) is 15.5. The molecule has 0 heterocycles. The van der Waals surface area contributed by atoms with Gasteiger partial charge in [0.05, 0.1) is 0 Å². The second-order valence-electron chi connectivity index (χ2n) is 11.3. The predicted molar refractivity (Wildman–Crippen MR) is 172 cm³/mol. The fourth-order valence-electron chi connectivity index (χ4n) is 5.38. The molecule has 0 saturated carbocycles. The van der Waals surface area contributed by atoms with E-state index in [4.69, 9.17) is 0 Å². The molecule has 0 fully saturated rings. The average Bonchev–Trinajstić information content (AvgIpc) is 2.96. The average molecular weight is 521 g/mol. The van der Waals surface area contributed by atoms with E-state index in [1.807, 2.05) is 0 Å². The summed E-state index contributed by atoms with van der Waals surface area (Å²) >= 11 is 0. The molecule has 2 nitrogen and oxygen atoms in total. The fraction of sp³-hybridized carbons (Fsp3) is 0.667. The van der Waals surface area contributed by atoms with Gasteiger partial charge in [0.15, 0.2) is 0 Å². The Hall–Kier alpha value is -1.96. The maximum atomic E-state index is 3.65. The largest absolute Gasteiger partial charge is 0.385 e. The summed E-state index contributed by atoms with van der Waals surface area (Å²) in [5.41, 5.74) is 3.85. The molecule has 0 aliphatic heterocycles. The molecule has 0 unspecified atom stereocenters. The maximum Gasteiger partial charge on any atom is 0.0412 e. The molecule has 0 spiro atoms. The lowest BCUT2D eigenvalue weighted by molar-refractivity contribution is 0.557. The Labute approximate surface area is 237 Å². The lowest BCUT2D eigenvalue weighted by Crippen LogP contribution is -2.18. The summed E-state index contributed by atoms with van der Waals surface area (Å²) in [6.45, 7) is 6.76. The van der Waals surface area contributed by atoms with Crippen LogP contribution in [-0.4, -0.2) is 13.1 Å². The minimum Gasteiger partial charge on any atom is -0.385 e. The van der Waals surface area contributed by atoms with Crippen LogP contribution in [0.1, 0.15) is 142 Å². The molecule has 2 aromatic carbocycles. The first kappa shape index (κ1) is 32.3. The summed E-state index contributed by atoms with van der Waals surface area (Å²) in [5.74, 6) is 0. The van der Waals surface area contributed by atoms with Gasteiger partial charge >= 0.3 is 0 Å². The van der Waals surface area contributed by atoms with Crippen LogP contribution in [0.3, 0.4) is 0 Å². The molecule has 0 aromatic heterocycles. The van der Waals surface area contributed by atoms with E-state index in [0.717, 1.165) is 13.1 Å². The highest BCUT2D eigenvalue weighted by Crippen LogP contribution is 2.27. The minimum absolute atomic E-state index is 1.08. The molecule has 2 aromatic rings. The summed E-state index contributed by atoms with van der Waals surface area (Å²) < 4.78 is 0. The van der Waals surface area contributed by atoms with E-state index in [1.165, 1.54) is 145 Å². The van der Waals surface area contributed by atoms with Gasteiger partial charge < -0.3 is 10.2 Å². The topological polar surface area (TPSA) is 15.3 Å². The summed E-state index contributed by atoms with van der Waals surface area (Å²) in [6.07, 6.45) is 27.7. The molecule has 0 amide bonds. The second kappa shape index (κ2) is 23.0. The summed E-state index contributed by atoms with van der Waals surface area (Å²) in [4.78, 5) is 2.50. The Morgan fingerprint density at radius 3 is 1.37 bits per heavy atom. The van der Waals surface area contributed by atoms with Crippen molar-refractivity contribution in [2.24, 2.45) is 0 Å². The van der Waals surface area contributed by atoms with Crippen LogP contribution >= 0.6 is 0 Å². The van der Waals surface area contributed by atoms with Crippen LogP contribution in [0, 0.1) is 0 Å². The van der Waals surface area contributed by atoms with Crippen molar-refractivity contribution in [1.29, 1.82) is 0 Å². The van der Waals surface area contributed by atoms with Crippen molar-refractivity contribution in [2.75, 3.05) is 23.3 Å². The van der Waals surface area contributed by atoms with Crippen LogP contribution in [0.2, 0.25) is 0 Å². The standard InChI is InChI=1S/C36H60N2/c1-3-5-7-9-11-13-15-17-19-24-32-37-34-28-30-36(31-29-34)38(35-26-22-21-23-27-35)33-25-20-18-16-14-12-10-8-6-4-2/h21-23,26-31,37H,3-20,24-25,32-33H2,1-2H3. The number of anilines is 3. The first-order chi connectivity index (χ1) is 18.8. The molecule has 0 saturated heterocycles. The minimum atomic E-state index is 1.08. The highest BCUT2D eigenvalue weighted by molar-refractivity contribution is 5.65. The van der Waals surface area contributed by atoms with Crippen molar-refractivity contribution in [3.8, 4) is 0 Å². The monoisotopic (exact) mass is 520 g/mol. The van der Waals surface area contributed by atoms with E-state index >= 15 is 0 Å². The van der Waals surface area contributed by atoms with E-state index in [9.17, 15) is 0 Å². The first-order valence-electron chi connectivity index (χ1n) is 16.5. The van der Waals surface area contributed by atoms with Crippen molar-refractivity contribution in [3.63, 3.8) is 0 Å². The van der Waals surface area contributed by atoms with Gasteiger partial charge in [-0.3, -0.25) is 0 Å². The molecule has 0 radical (unpaired) electrons. The smallest absolute Gasteiger partial charge is 0.0412 e. The van der Waals surface area contributed by atoms with Crippen LogP contribution in [0.4, 0.5) is 17.1 Å².